The van der Waals surface area contributed by atoms with Gasteiger partial charge in [-0.05, 0) is 18.2 Å². The molecule has 0 radical (unpaired) electrons. The van der Waals surface area contributed by atoms with Crippen LogP contribution in [0.3, 0.4) is 0 Å². The molecule has 0 bridgehead atoms. The number of hydrogen-bond acceptors (Lipinski definition) is 4. The highest BCUT2D eigenvalue weighted by Gasteiger charge is 2.12. The maximum Gasteiger partial charge on any atom is 0.250 e. The Labute approximate surface area is 122 Å². The highest BCUT2D eigenvalue weighted by Crippen LogP contribution is 2.30. The van der Waals surface area contributed by atoms with Crippen molar-refractivity contribution in [2.45, 2.75) is 4.90 Å². The summed E-state index contributed by atoms with van der Waals surface area (Å²) in [6, 6.07) is 6.72. The van der Waals surface area contributed by atoms with Gasteiger partial charge in [-0.15, -0.1) is 0 Å². The summed E-state index contributed by atoms with van der Waals surface area (Å²) in [6.07, 6.45) is 3.19. The average Bonchev–Trinajstić information content (AvgIpc) is 2.89. The summed E-state index contributed by atoms with van der Waals surface area (Å²) in [5, 5.41) is 0. The van der Waals surface area contributed by atoms with Gasteiger partial charge in [0, 0.05) is 34.2 Å². The van der Waals surface area contributed by atoms with Crippen molar-refractivity contribution in [3.63, 3.8) is 0 Å². The van der Waals surface area contributed by atoms with E-state index in [1.54, 1.807) is 37.8 Å². The summed E-state index contributed by atoms with van der Waals surface area (Å²) in [5.41, 5.74) is 1.85. The molecule has 0 fully saturated rings. The van der Waals surface area contributed by atoms with E-state index in [0.29, 0.717) is 22.0 Å². The monoisotopic (exact) mass is 303 g/mol. The molecule has 1 atom stereocenters. The molecule has 0 aliphatic heterocycles. The van der Waals surface area contributed by atoms with Crippen LogP contribution in [0.4, 0.5) is 0 Å². The zero-order valence-electron chi connectivity index (χ0n) is 11.5. The standard InChI is InChI=1S/C14H13N3O3S/c1-20-12-5-8(21(2)19)3-4-9(12)14-16-10-6-13(18)15-7-11(10)17-14/h3-7H,1-2H3,(H,15,18)(H,16,17). The van der Waals surface area contributed by atoms with Crippen molar-refractivity contribution >= 4 is 21.8 Å². The number of aromatic nitrogens is 3. The zero-order chi connectivity index (χ0) is 15.0. The summed E-state index contributed by atoms with van der Waals surface area (Å²) in [5.74, 6) is 1.17. The smallest absolute Gasteiger partial charge is 0.250 e. The van der Waals surface area contributed by atoms with Gasteiger partial charge in [-0.1, -0.05) is 0 Å². The molecule has 0 aliphatic carbocycles. The fourth-order valence-electron chi connectivity index (χ4n) is 2.10. The second-order valence-electron chi connectivity index (χ2n) is 4.50. The van der Waals surface area contributed by atoms with E-state index in [1.807, 2.05) is 0 Å². The van der Waals surface area contributed by atoms with Crippen LogP contribution in [-0.2, 0) is 10.8 Å². The van der Waals surface area contributed by atoms with Crippen molar-refractivity contribution in [2.75, 3.05) is 13.4 Å². The largest absolute Gasteiger partial charge is 0.496 e. The van der Waals surface area contributed by atoms with Crippen LogP contribution in [0, 0.1) is 0 Å². The van der Waals surface area contributed by atoms with E-state index in [-0.39, 0.29) is 5.56 Å². The maximum absolute atomic E-state index is 11.5. The minimum absolute atomic E-state index is 0.204. The molecule has 0 aliphatic rings. The second kappa shape index (κ2) is 5.17. The molecule has 6 nitrogen and oxygen atoms in total. The minimum atomic E-state index is -1.08. The van der Waals surface area contributed by atoms with Crippen LogP contribution in [0.15, 0.2) is 40.2 Å². The van der Waals surface area contributed by atoms with Gasteiger partial charge >= 0.3 is 0 Å². The fourth-order valence-corrected chi connectivity index (χ4v) is 2.64. The van der Waals surface area contributed by atoms with Gasteiger partial charge in [-0.25, -0.2) is 4.98 Å². The number of fused-ring (bicyclic) bond motifs is 1. The molecule has 0 saturated carbocycles. The van der Waals surface area contributed by atoms with Gasteiger partial charge in [0.15, 0.2) is 0 Å². The number of pyridine rings is 1. The lowest BCUT2D eigenvalue weighted by molar-refractivity contribution is 0.415. The Balaban J connectivity index is 2.17. The van der Waals surface area contributed by atoms with E-state index in [2.05, 4.69) is 15.0 Å². The van der Waals surface area contributed by atoms with Crippen LogP contribution in [0.5, 0.6) is 5.75 Å². The number of imidazole rings is 1. The van der Waals surface area contributed by atoms with Crippen molar-refractivity contribution in [3.05, 3.63) is 40.8 Å². The molecule has 1 unspecified atom stereocenters. The number of rotatable bonds is 3. The first-order chi connectivity index (χ1) is 10.1. The lowest BCUT2D eigenvalue weighted by Crippen LogP contribution is -2.00. The summed E-state index contributed by atoms with van der Waals surface area (Å²) in [6.45, 7) is 0. The molecule has 7 heteroatoms. The minimum Gasteiger partial charge on any atom is -0.496 e. The Morgan fingerprint density at radius 1 is 1.29 bits per heavy atom. The maximum atomic E-state index is 11.5. The van der Waals surface area contributed by atoms with Gasteiger partial charge in [0.2, 0.25) is 5.56 Å². The Hall–Kier alpha value is -2.41. The molecule has 0 spiro atoms. The third kappa shape index (κ3) is 2.47. The quantitative estimate of drug-likeness (QED) is 0.770. The van der Waals surface area contributed by atoms with E-state index in [4.69, 9.17) is 4.74 Å². The summed E-state index contributed by atoms with van der Waals surface area (Å²) in [7, 11) is 0.469. The van der Waals surface area contributed by atoms with Crippen LogP contribution in [-0.4, -0.2) is 32.5 Å². The third-order valence-corrected chi connectivity index (χ3v) is 4.07. The first-order valence-corrected chi connectivity index (χ1v) is 7.74. The van der Waals surface area contributed by atoms with Crippen LogP contribution >= 0.6 is 0 Å². The van der Waals surface area contributed by atoms with E-state index in [9.17, 15) is 9.00 Å². The topological polar surface area (TPSA) is 87.8 Å². The van der Waals surface area contributed by atoms with Gasteiger partial charge in [-0.3, -0.25) is 9.00 Å². The van der Waals surface area contributed by atoms with Crippen molar-refractivity contribution < 1.29 is 8.95 Å². The number of methoxy groups -OCH3 is 1. The summed E-state index contributed by atoms with van der Waals surface area (Å²) >= 11 is 0. The first-order valence-electron chi connectivity index (χ1n) is 6.19. The Morgan fingerprint density at radius 3 is 2.81 bits per heavy atom. The van der Waals surface area contributed by atoms with Gasteiger partial charge in [0.25, 0.3) is 0 Å². The van der Waals surface area contributed by atoms with Crippen molar-refractivity contribution in [1.82, 2.24) is 15.0 Å². The van der Waals surface area contributed by atoms with E-state index >= 15 is 0 Å². The number of benzene rings is 1. The predicted octanol–water partition coefficient (Wildman–Crippen LogP) is 1.66. The van der Waals surface area contributed by atoms with Crippen LogP contribution in [0.2, 0.25) is 0 Å². The molecule has 21 heavy (non-hydrogen) atoms. The SMILES string of the molecule is COc1cc(S(C)=O)ccc1-c1nc2cc(=O)[nH]cc2[nH]1. The molecule has 0 saturated heterocycles. The molecule has 2 heterocycles. The third-order valence-electron chi connectivity index (χ3n) is 3.15. The predicted molar refractivity (Wildman–Crippen MR) is 81.0 cm³/mol. The lowest BCUT2D eigenvalue weighted by atomic mass is 10.2. The number of nitrogens with one attached hydrogen (secondary N) is 2. The van der Waals surface area contributed by atoms with Crippen LogP contribution < -0.4 is 10.3 Å². The number of hydrogen-bond donors (Lipinski definition) is 2. The number of aromatic amines is 2. The van der Waals surface area contributed by atoms with Crippen molar-refractivity contribution in [3.8, 4) is 17.1 Å². The van der Waals surface area contributed by atoms with Gasteiger partial charge < -0.3 is 14.7 Å². The summed E-state index contributed by atoms with van der Waals surface area (Å²) in [4.78, 5) is 22.1. The highest BCUT2D eigenvalue weighted by atomic mass is 32.2. The van der Waals surface area contributed by atoms with E-state index in [1.165, 1.54) is 6.07 Å². The number of ether oxygens (including phenoxy) is 1. The van der Waals surface area contributed by atoms with E-state index in [0.717, 1.165) is 11.1 Å². The average molecular weight is 303 g/mol. The normalized spacial score (nSPS) is 12.5. The van der Waals surface area contributed by atoms with Gasteiger partial charge in [-0.2, -0.15) is 0 Å². The molecule has 3 aromatic rings. The molecule has 3 rings (SSSR count). The molecule has 2 aromatic heterocycles. The number of nitrogens with zero attached hydrogens (tertiary/aromatic N) is 1. The zero-order valence-corrected chi connectivity index (χ0v) is 12.3. The molecular weight excluding hydrogens is 290 g/mol. The molecule has 108 valence electrons. The van der Waals surface area contributed by atoms with Gasteiger partial charge in [0.05, 0.1) is 23.7 Å². The Kier molecular flexibility index (Phi) is 3.34. The molecular formula is C14H13N3O3S. The molecule has 1 aromatic carbocycles. The molecule has 2 N–H and O–H groups in total. The Morgan fingerprint density at radius 2 is 2.10 bits per heavy atom. The number of H-pyrrole nitrogens is 2. The molecule has 0 amide bonds. The van der Waals surface area contributed by atoms with Crippen molar-refractivity contribution in [2.24, 2.45) is 0 Å². The fraction of sp³-hybridized carbons (Fsp3) is 0.143. The van der Waals surface area contributed by atoms with Crippen LogP contribution in [0.1, 0.15) is 0 Å². The second-order valence-corrected chi connectivity index (χ2v) is 5.88. The van der Waals surface area contributed by atoms with Gasteiger partial charge in [0.1, 0.15) is 11.6 Å². The summed E-state index contributed by atoms with van der Waals surface area (Å²) < 4.78 is 16.9. The Bertz CT molecular complexity index is 898. The first kappa shape index (κ1) is 13.6. The lowest BCUT2D eigenvalue weighted by Gasteiger charge is -2.07. The van der Waals surface area contributed by atoms with Crippen LogP contribution in [0.25, 0.3) is 22.4 Å². The van der Waals surface area contributed by atoms with E-state index < -0.39 is 10.8 Å². The van der Waals surface area contributed by atoms with Crippen molar-refractivity contribution in [1.29, 1.82) is 0 Å². The highest BCUT2D eigenvalue weighted by molar-refractivity contribution is 7.84.